The monoisotopic (exact) mass is 363 g/mol. The highest BCUT2D eigenvalue weighted by atomic mass is 79.9. The molecule has 0 aromatic carbocycles. The number of hydrogen-bond acceptors (Lipinski definition) is 4. The molecule has 1 aromatic rings. The Balaban J connectivity index is 2.15. The molecule has 118 valence electrons. The van der Waals surface area contributed by atoms with Gasteiger partial charge in [0.05, 0.1) is 10.6 Å². The summed E-state index contributed by atoms with van der Waals surface area (Å²) in [5.41, 5.74) is -0.0291. The van der Waals surface area contributed by atoms with Crippen LogP contribution in [0.4, 0.5) is 14.6 Å². The Bertz CT molecular complexity index is 487. The van der Waals surface area contributed by atoms with Crippen molar-refractivity contribution in [3.05, 3.63) is 22.3 Å². The molecule has 2 heterocycles. The Morgan fingerprint density at radius 1 is 1.48 bits per heavy atom. The summed E-state index contributed by atoms with van der Waals surface area (Å²) >= 11 is 3.26. The minimum atomic E-state index is -2.52. The van der Waals surface area contributed by atoms with E-state index in [1.54, 1.807) is 6.92 Å². The highest BCUT2D eigenvalue weighted by molar-refractivity contribution is 9.10. The third kappa shape index (κ3) is 3.90. The van der Waals surface area contributed by atoms with Crippen molar-refractivity contribution in [2.45, 2.75) is 32.4 Å². The average molecular weight is 364 g/mol. The molecule has 2 rings (SSSR count). The van der Waals surface area contributed by atoms with E-state index in [2.05, 4.69) is 25.8 Å². The second kappa shape index (κ2) is 6.98. The highest BCUT2D eigenvalue weighted by Crippen LogP contribution is 2.34. The number of aromatic nitrogens is 1. The summed E-state index contributed by atoms with van der Waals surface area (Å²) in [5.74, 6) is 0.567. The molecule has 7 heteroatoms. The third-order valence-electron chi connectivity index (χ3n) is 3.64. The van der Waals surface area contributed by atoms with E-state index in [4.69, 9.17) is 0 Å². The molecule has 1 aromatic heterocycles. The van der Waals surface area contributed by atoms with Gasteiger partial charge in [0.25, 0.3) is 6.43 Å². The van der Waals surface area contributed by atoms with Crippen molar-refractivity contribution < 1.29 is 13.9 Å². The molecule has 0 saturated carbocycles. The van der Waals surface area contributed by atoms with Crippen molar-refractivity contribution in [1.29, 1.82) is 0 Å². The lowest BCUT2D eigenvalue weighted by Gasteiger charge is -2.41. The highest BCUT2D eigenvalue weighted by Gasteiger charge is 2.28. The van der Waals surface area contributed by atoms with Crippen LogP contribution in [0.25, 0.3) is 0 Å². The number of hydrogen-bond donors (Lipinski definition) is 1. The van der Waals surface area contributed by atoms with Crippen LogP contribution in [0.2, 0.25) is 0 Å². The van der Waals surface area contributed by atoms with E-state index in [9.17, 15) is 13.9 Å². The van der Waals surface area contributed by atoms with Crippen LogP contribution < -0.4 is 4.90 Å². The van der Waals surface area contributed by atoms with Gasteiger partial charge >= 0.3 is 0 Å². The van der Waals surface area contributed by atoms with E-state index in [0.29, 0.717) is 23.4 Å². The number of pyridine rings is 1. The minimum absolute atomic E-state index is 0.0291. The summed E-state index contributed by atoms with van der Waals surface area (Å²) in [6.45, 7) is 6.69. The van der Waals surface area contributed by atoms with Crippen molar-refractivity contribution in [2.75, 3.05) is 31.1 Å². The second-order valence-corrected chi connectivity index (χ2v) is 6.28. The number of aliphatic hydroxyl groups excluding tert-OH is 1. The van der Waals surface area contributed by atoms with Crippen LogP contribution in [-0.2, 0) is 0 Å². The van der Waals surface area contributed by atoms with Gasteiger partial charge in [-0.1, -0.05) is 0 Å². The quantitative estimate of drug-likeness (QED) is 0.892. The summed E-state index contributed by atoms with van der Waals surface area (Å²) in [6, 6.07) is 1.49. The van der Waals surface area contributed by atoms with E-state index in [1.165, 1.54) is 12.3 Å². The van der Waals surface area contributed by atoms with Gasteiger partial charge < -0.3 is 10.0 Å². The molecule has 1 saturated heterocycles. The first-order valence-electron chi connectivity index (χ1n) is 6.99. The summed E-state index contributed by atoms with van der Waals surface area (Å²) in [4.78, 5) is 8.47. The Morgan fingerprint density at radius 3 is 2.76 bits per heavy atom. The SMILES string of the molecule is CC(O)CN1CCN(c2nccc(C(F)F)c2Br)C(C)C1. The van der Waals surface area contributed by atoms with E-state index in [0.717, 1.165) is 13.1 Å². The molecule has 1 fully saturated rings. The van der Waals surface area contributed by atoms with Crippen LogP contribution in [0.3, 0.4) is 0 Å². The Hall–Kier alpha value is -0.790. The molecule has 0 amide bonds. The van der Waals surface area contributed by atoms with Crippen molar-refractivity contribution in [3.8, 4) is 0 Å². The van der Waals surface area contributed by atoms with E-state index < -0.39 is 6.43 Å². The molecule has 1 aliphatic rings. The molecule has 2 unspecified atom stereocenters. The predicted octanol–water partition coefficient (Wildman–Crippen LogP) is 2.67. The lowest BCUT2D eigenvalue weighted by molar-refractivity contribution is 0.114. The van der Waals surface area contributed by atoms with Crippen molar-refractivity contribution in [2.24, 2.45) is 0 Å². The number of halogens is 3. The first kappa shape index (κ1) is 16.6. The first-order chi connectivity index (χ1) is 9.90. The van der Waals surface area contributed by atoms with Gasteiger partial charge in [-0.15, -0.1) is 0 Å². The predicted molar refractivity (Wildman–Crippen MR) is 81.8 cm³/mol. The van der Waals surface area contributed by atoms with Gasteiger partial charge in [0.15, 0.2) is 0 Å². The van der Waals surface area contributed by atoms with Gasteiger partial charge in [-0.2, -0.15) is 0 Å². The number of aliphatic hydroxyl groups is 1. The number of β-amino-alcohol motifs (C(OH)–C–C–N with tert-alkyl or cyclic N) is 1. The van der Waals surface area contributed by atoms with Crippen LogP contribution in [0.1, 0.15) is 25.8 Å². The Kier molecular flexibility index (Phi) is 5.51. The fourth-order valence-corrected chi connectivity index (χ4v) is 3.34. The molecule has 1 N–H and O–H groups in total. The molecule has 0 aliphatic carbocycles. The van der Waals surface area contributed by atoms with Gasteiger partial charge in [-0.25, -0.2) is 13.8 Å². The van der Waals surface area contributed by atoms with Crippen LogP contribution in [0, 0.1) is 0 Å². The van der Waals surface area contributed by atoms with Gasteiger partial charge in [0, 0.05) is 44.0 Å². The fourth-order valence-electron chi connectivity index (χ4n) is 2.70. The fraction of sp³-hybridized carbons (Fsp3) is 0.643. The lowest BCUT2D eigenvalue weighted by Crippen LogP contribution is -2.53. The zero-order valence-electron chi connectivity index (χ0n) is 12.1. The average Bonchev–Trinajstić information content (AvgIpc) is 2.39. The third-order valence-corrected chi connectivity index (χ3v) is 4.45. The summed E-state index contributed by atoms with van der Waals surface area (Å²) < 4.78 is 26.3. The number of alkyl halides is 2. The summed E-state index contributed by atoms with van der Waals surface area (Å²) in [5, 5.41) is 9.46. The molecule has 0 bridgehead atoms. The molecule has 2 atom stereocenters. The van der Waals surface area contributed by atoms with Crippen LogP contribution >= 0.6 is 15.9 Å². The largest absolute Gasteiger partial charge is 0.392 e. The molecule has 4 nitrogen and oxygen atoms in total. The van der Waals surface area contributed by atoms with Gasteiger partial charge in [0.2, 0.25) is 0 Å². The van der Waals surface area contributed by atoms with Crippen molar-refractivity contribution in [1.82, 2.24) is 9.88 Å². The Morgan fingerprint density at radius 2 is 2.19 bits per heavy atom. The normalized spacial score (nSPS) is 21.9. The minimum Gasteiger partial charge on any atom is -0.392 e. The standard InChI is InChI=1S/C14H20BrF2N3O/c1-9-7-19(8-10(2)21)5-6-20(9)14-12(15)11(13(16)17)3-4-18-14/h3-4,9-10,13,21H,5-8H2,1-2H3. The zero-order chi connectivity index (χ0) is 15.6. The van der Waals surface area contributed by atoms with Crippen molar-refractivity contribution in [3.63, 3.8) is 0 Å². The summed E-state index contributed by atoms with van der Waals surface area (Å²) in [6.07, 6.45) is -1.46. The van der Waals surface area contributed by atoms with Crippen LogP contribution in [0.15, 0.2) is 16.7 Å². The maximum Gasteiger partial charge on any atom is 0.265 e. The first-order valence-corrected chi connectivity index (χ1v) is 7.79. The molecule has 0 radical (unpaired) electrons. The summed E-state index contributed by atoms with van der Waals surface area (Å²) in [7, 11) is 0. The number of piperazine rings is 1. The van der Waals surface area contributed by atoms with Crippen LogP contribution in [0.5, 0.6) is 0 Å². The van der Waals surface area contributed by atoms with Crippen LogP contribution in [-0.4, -0.2) is 53.3 Å². The number of rotatable bonds is 4. The van der Waals surface area contributed by atoms with E-state index in [-0.39, 0.29) is 17.7 Å². The second-order valence-electron chi connectivity index (χ2n) is 5.49. The van der Waals surface area contributed by atoms with Crippen molar-refractivity contribution >= 4 is 21.7 Å². The van der Waals surface area contributed by atoms with Gasteiger partial charge in [0.1, 0.15) is 5.82 Å². The number of nitrogens with zero attached hydrogens (tertiary/aromatic N) is 3. The molecular formula is C14H20BrF2N3O. The van der Waals surface area contributed by atoms with Gasteiger partial charge in [-0.05, 0) is 35.8 Å². The lowest BCUT2D eigenvalue weighted by atomic mass is 10.1. The molecule has 21 heavy (non-hydrogen) atoms. The maximum atomic E-state index is 13.0. The topological polar surface area (TPSA) is 39.6 Å². The number of anilines is 1. The molecular weight excluding hydrogens is 344 g/mol. The maximum absolute atomic E-state index is 13.0. The molecule has 0 spiro atoms. The van der Waals surface area contributed by atoms with E-state index >= 15 is 0 Å². The van der Waals surface area contributed by atoms with E-state index in [1.807, 2.05) is 11.8 Å². The Labute approximate surface area is 131 Å². The zero-order valence-corrected chi connectivity index (χ0v) is 13.7. The smallest absolute Gasteiger partial charge is 0.265 e. The van der Waals surface area contributed by atoms with Gasteiger partial charge in [-0.3, -0.25) is 4.90 Å². The molecule has 1 aliphatic heterocycles.